The Balaban J connectivity index is 1.64. The van der Waals surface area contributed by atoms with Gasteiger partial charge in [0, 0.05) is 41.7 Å². The highest BCUT2D eigenvalue weighted by molar-refractivity contribution is 6.32. The van der Waals surface area contributed by atoms with E-state index in [1.54, 1.807) is 0 Å². The summed E-state index contributed by atoms with van der Waals surface area (Å²) >= 11 is 6.41. The van der Waals surface area contributed by atoms with Crippen molar-refractivity contribution >= 4 is 17.3 Å². The topological polar surface area (TPSA) is 30.3 Å². The minimum absolute atomic E-state index is 0.518. The van der Waals surface area contributed by atoms with E-state index in [0.29, 0.717) is 22.9 Å². The van der Waals surface area contributed by atoms with Crippen molar-refractivity contribution in [1.82, 2.24) is 9.78 Å². The van der Waals surface area contributed by atoms with Gasteiger partial charge in [-0.05, 0) is 56.9 Å². The number of nitrogens with zero attached hydrogens (tertiary/aromatic N) is 3. The maximum atomic E-state index is 6.47. The van der Waals surface area contributed by atoms with Crippen LogP contribution in [0.1, 0.15) is 37.8 Å². The number of aromatic nitrogens is 2. The molecule has 3 aromatic rings. The van der Waals surface area contributed by atoms with E-state index in [1.165, 1.54) is 24.1 Å². The van der Waals surface area contributed by atoms with Gasteiger partial charge in [0.25, 0.3) is 0 Å². The van der Waals surface area contributed by atoms with Crippen LogP contribution < -0.4 is 9.64 Å². The van der Waals surface area contributed by atoms with Crippen LogP contribution in [-0.2, 0) is 6.42 Å². The summed E-state index contributed by atoms with van der Waals surface area (Å²) in [4.78, 5) is 2.34. The predicted molar refractivity (Wildman–Crippen MR) is 114 cm³/mol. The number of fused-ring (bicyclic) bond motifs is 1. The van der Waals surface area contributed by atoms with E-state index in [1.807, 2.05) is 30.5 Å². The van der Waals surface area contributed by atoms with Crippen LogP contribution in [0.3, 0.4) is 0 Å². The van der Waals surface area contributed by atoms with Crippen LogP contribution in [0.2, 0.25) is 5.02 Å². The Morgan fingerprint density at radius 3 is 2.71 bits per heavy atom. The number of hydrogen-bond donors (Lipinski definition) is 0. The summed E-state index contributed by atoms with van der Waals surface area (Å²) in [6.07, 6.45) is 8.63. The van der Waals surface area contributed by atoms with Crippen molar-refractivity contribution in [3.8, 4) is 22.6 Å². The van der Waals surface area contributed by atoms with Crippen LogP contribution in [0.15, 0.2) is 48.8 Å². The molecule has 1 aliphatic heterocycles. The number of hydrogen-bond acceptors (Lipinski definition) is 3. The molecule has 144 valence electrons. The van der Waals surface area contributed by atoms with Gasteiger partial charge in [-0.15, -0.1) is 0 Å². The molecule has 5 rings (SSSR count). The SMILES string of the molecule is CC1CCc2c(ccc(-c3cnn(C4CC4)c3)c2Oc2ccccc2Cl)N1C. The van der Waals surface area contributed by atoms with Gasteiger partial charge >= 0.3 is 0 Å². The van der Waals surface area contributed by atoms with Gasteiger partial charge in [-0.3, -0.25) is 4.68 Å². The number of anilines is 1. The Morgan fingerprint density at radius 1 is 1.11 bits per heavy atom. The molecule has 1 fully saturated rings. The lowest BCUT2D eigenvalue weighted by atomic mass is 9.93. The van der Waals surface area contributed by atoms with Crippen LogP contribution in [-0.4, -0.2) is 22.9 Å². The number of para-hydroxylation sites is 1. The summed E-state index contributed by atoms with van der Waals surface area (Å²) in [7, 11) is 2.16. The summed E-state index contributed by atoms with van der Waals surface area (Å²) < 4.78 is 8.55. The molecule has 0 bridgehead atoms. The van der Waals surface area contributed by atoms with Gasteiger partial charge < -0.3 is 9.64 Å². The standard InChI is InChI=1S/C23H24ClN3O/c1-15-7-10-19-21(26(15)2)12-11-18(16-13-25-27(14-16)17-8-9-17)23(19)28-22-6-4-3-5-20(22)24/h3-6,11-15,17H,7-10H2,1-2H3. The average molecular weight is 394 g/mol. The first-order valence-corrected chi connectivity index (χ1v) is 10.3. The van der Waals surface area contributed by atoms with Gasteiger partial charge in [-0.25, -0.2) is 0 Å². The van der Waals surface area contributed by atoms with Gasteiger partial charge in [0.1, 0.15) is 11.5 Å². The van der Waals surface area contributed by atoms with Crippen molar-refractivity contribution in [1.29, 1.82) is 0 Å². The lowest BCUT2D eigenvalue weighted by molar-refractivity contribution is 0.471. The first-order valence-electron chi connectivity index (χ1n) is 9.97. The summed E-state index contributed by atoms with van der Waals surface area (Å²) in [6.45, 7) is 2.27. The third-order valence-corrected chi connectivity index (χ3v) is 6.28. The van der Waals surface area contributed by atoms with Gasteiger partial charge in [0.2, 0.25) is 0 Å². The average Bonchev–Trinajstić information content (AvgIpc) is 3.44. The van der Waals surface area contributed by atoms with Crippen LogP contribution >= 0.6 is 11.6 Å². The Kier molecular flexibility index (Phi) is 4.31. The fourth-order valence-corrected chi connectivity index (χ4v) is 4.15. The zero-order valence-electron chi connectivity index (χ0n) is 16.2. The van der Waals surface area contributed by atoms with Crippen molar-refractivity contribution in [3.05, 3.63) is 59.4 Å². The summed E-state index contributed by atoms with van der Waals surface area (Å²) in [5.74, 6) is 1.59. The molecule has 0 amide bonds. The van der Waals surface area contributed by atoms with Crippen molar-refractivity contribution in [2.45, 2.75) is 44.7 Å². The van der Waals surface area contributed by atoms with Crippen molar-refractivity contribution in [3.63, 3.8) is 0 Å². The number of ether oxygens (including phenoxy) is 1. The van der Waals surface area contributed by atoms with Gasteiger partial charge in [0.15, 0.2) is 0 Å². The van der Waals surface area contributed by atoms with E-state index in [4.69, 9.17) is 16.3 Å². The van der Waals surface area contributed by atoms with Crippen LogP contribution in [0, 0.1) is 0 Å². The molecule has 2 aromatic carbocycles. The minimum atomic E-state index is 0.518. The molecule has 1 atom stereocenters. The molecule has 2 heterocycles. The highest BCUT2D eigenvalue weighted by Crippen LogP contribution is 2.45. The molecule has 1 aliphatic carbocycles. The molecule has 0 saturated heterocycles. The van der Waals surface area contributed by atoms with Crippen molar-refractivity contribution < 1.29 is 4.74 Å². The zero-order valence-corrected chi connectivity index (χ0v) is 17.0. The summed E-state index contributed by atoms with van der Waals surface area (Å²) in [5, 5.41) is 5.21. The second-order valence-electron chi connectivity index (χ2n) is 7.91. The van der Waals surface area contributed by atoms with Gasteiger partial charge in [0.05, 0.1) is 17.3 Å². The first kappa shape index (κ1) is 17.6. The molecular formula is C23H24ClN3O. The summed E-state index contributed by atoms with van der Waals surface area (Å²) in [5.41, 5.74) is 4.66. The third-order valence-electron chi connectivity index (χ3n) is 5.97. The van der Waals surface area contributed by atoms with Crippen LogP contribution in [0.25, 0.3) is 11.1 Å². The molecule has 0 N–H and O–H groups in total. The highest BCUT2D eigenvalue weighted by Gasteiger charge is 2.28. The molecule has 28 heavy (non-hydrogen) atoms. The third kappa shape index (κ3) is 3.06. The Morgan fingerprint density at radius 2 is 1.93 bits per heavy atom. The van der Waals surface area contributed by atoms with E-state index in [-0.39, 0.29) is 0 Å². The molecule has 1 saturated carbocycles. The quantitative estimate of drug-likeness (QED) is 0.536. The van der Waals surface area contributed by atoms with Crippen LogP contribution in [0.5, 0.6) is 11.5 Å². The molecule has 0 spiro atoms. The smallest absolute Gasteiger partial charge is 0.146 e. The molecule has 2 aliphatic rings. The van der Waals surface area contributed by atoms with Gasteiger partial charge in [-0.2, -0.15) is 5.10 Å². The predicted octanol–water partition coefficient (Wildman–Crippen LogP) is 6.10. The van der Waals surface area contributed by atoms with Crippen molar-refractivity contribution in [2.75, 3.05) is 11.9 Å². The fourth-order valence-electron chi connectivity index (χ4n) is 3.97. The molecule has 1 aromatic heterocycles. The van der Waals surface area contributed by atoms with Crippen molar-refractivity contribution in [2.24, 2.45) is 0 Å². The number of benzene rings is 2. The lowest BCUT2D eigenvalue weighted by Gasteiger charge is -2.35. The molecular weight excluding hydrogens is 370 g/mol. The van der Waals surface area contributed by atoms with E-state index in [0.717, 1.165) is 29.7 Å². The van der Waals surface area contributed by atoms with E-state index in [9.17, 15) is 0 Å². The monoisotopic (exact) mass is 393 g/mol. The fraction of sp³-hybridized carbons (Fsp3) is 0.348. The minimum Gasteiger partial charge on any atom is -0.455 e. The Labute approximate surface area is 170 Å². The Hall–Kier alpha value is -2.46. The van der Waals surface area contributed by atoms with E-state index < -0.39 is 0 Å². The largest absolute Gasteiger partial charge is 0.455 e. The van der Waals surface area contributed by atoms with Gasteiger partial charge in [-0.1, -0.05) is 23.7 Å². The first-order chi connectivity index (χ1) is 13.6. The second kappa shape index (κ2) is 6.85. The normalized spacial score (nSPS) is 18.8. The molecule has 0 radical (unpaired) electrons. The highest BCUT2D eigenvalue weighted by atomic mass is 35.5. The van der Waals surface area contributed by atoms with E-state index >= 15 is 0 Å². The zero-order chi connectivity index (χ0) is 19.3. The Bertz CT molecular complexity index is 1020. The van der Waals surface area contributed by atoms with Crippen LogP contribution in [0.4, 0.5) is 5.69 Å². The number of rotatable bonds is 4. The molecule has 5 heteroatoms. The second-order valence-corrected chi connectivity index (χ2v) is 8.32. The van der Waals surface area contributed by atoms with E-state index in [2.05, 4.69) is 47.0 Å². The molecule has 1 unspecified atom stereocenters. The lowest BCUT2D eigenvalue weighted by Crippen LogP contribution is -2.33. The molecule has 4 nitrogen and oxygen atoms in total. The summed E-state index contributed by atoms with van der Waals surface area (Å²) in [6, 6.07) is 13.1. The maximum absolute atomic E-state index is 6.47. The maximum Gasteiger partial charge on any atom is 0.146 e. The number of halogens is 1.